The number of piperidine rings is 1. The fourth-order valence-corrected chi connectivity index (χ4v) is 4.78. The van der Waals surface area contributed by atoms with Crippen molar-refractivity contribution < 1.29 is 18.4 Å². The van der Waals surface area contributed by atoms with Gasteiger partial charge in [0.1, 0.15) is 22.8 Å². The Hall–Kier alpha value is -1.96. The van der Waals surface area contributed by atoms with E-state index < -0.39 is 5.82 Å². The topological polar surface area (TPSA) is 58.8 Å². The molecular weight excluding hydrogens is 421 g/mol. The summed E-state index contributed by atoms with van der Waals surface area (Å²) in [7, 11) is 0. The predicted molar refractivity (Wildman–Crippen MR) is 117 cm³/mol. The second kappa shape index (κ2) is 10.1. The number of likely N-dealkylation sites (tertiary alicyclic amines) is 1. The van der Waals surface area contributed by atoms with Crippen LogP contribution in [0.2, 0.25) is 5.02 Å². The lowest BCUT2D eigenvalue weighted by Crippen LogP contribution is -2.39. The summed E-state index contributed by atoms with van der Waals surface area (Å²) in [5, 5.41) is 4.17. The highest BCUT2D eigenvalue weighted by atomic mass is 35.5. The third-order valence-corrected chi connectivity index (χ3v) is 6.68. The van der Waals surface area contributed by atoms with Gasteiger partial charge in [-0.25, -0.2) is 4.39 Å². The number of carbonyl (C=O) groups is 1. The van der Waals surface area contributed by atoms with E-state index in [1.807, 2.05) is 4.90 Å². The van der Waals surface area contributed by atoms with Gasteiger partial charge < -0.3 is 14.2 Å². The van der Waals surface area contributed by atoms with Crippen LogP contribution in [0.3, 0.4) is 0 Å². The number of morpholine rings is 1. The molecule has 0 aliphatic carbocycles. The van der Waals surface area contributed by atoms with Crippen molar-refractivity contribution in [2.24, 2.45) is 5.92 Å². The molecule has 0 bridgehead atoms. The van der Waals surface area contributed by atoms with E-state index in [9.17, 15) is 9.18 Å². The van der Waals surface area contributed by atoms with Crippen LogP contribution in [0.25, 0.3) is 11.3 Å². The van der Waals surface area contributed by atoms with E-state index in [2.05, 4.69) is 10.1 Å². The van der Waals surface area contributed by atoms with Crippen LogP contribution in [-0.4, -0.2) is 66.8 Å². The van der Waals surface area contributed by atoms with Crippen LogP contribution >= 0.6 is 11.6 Å². The van der Waals surface area contributed by atoms with Gasteiger partial charge in [0.05, 0.1) is 23.8 Å². The molecule has 6 nitrogen and oxygen atoms in total. The normalized spacial score (nSPS) is 18.5. The van der Waals surface area contributed by atoms with Gasteiger partial charge in [0.15, 0.2) is 0 Å². The summed E-state index contributed by atoms with van der Waals surface area (Å²) in [6.07, 6.45) is 4.32. The van der Waals surface area contributed by atoms with Crippen molar-refractivity contribution >= 4 is 17.5 Å². The van der Waals surface area contributed by atoms with Crippen molar-refractivity contribution in [2.75, 3.05) is 45.9 Å². The van der Waals surface area contributed by atoms with Crippen molar-refractivity contribution in [1.82, 2.24) is 15.0 Å². The molecule has 168 valence electrons. The van der Waals surface area contributed by atoms with Gasteiger partial charge in [-0.05, 0) is 57.2 Å². The minimum absolute atomic E-state index is 0.113. The lowest BCUT2D eigenvalue weighted by atomic mass is 9.91. The summed E-state index contributed by atoms with van der Waals surface area (Å²) < 4.78 is 25.1. The van der Waals surface area contributed by atoms with Gasteiger partial charge in [-0.3, -0.25) is 9.69 Å². The summed E-state index contributed by atoms with van der Waals surface area (Å²) in [5.74, 6) is 0.328. The van der Waals surface area contributed by atoms with Crippen molar-refractivity contribution in [1.29, 1.82) is 0 Å². The second-order valence-electron chi connectivity index (χ2n) is 8.39. The Kier molecular flexibility index (Phi) is 7.25. The maximum absolute atomic E-state index is 14.4. The van der Waals surface area contributed by atoms with E-state index in [4.69, 9.17) is 20.9 Å². The van der Waals surface area contributed by atoms with Gasteiger partial charge in [0, 0.05) is 26.2 Å². The highest BCUT2D eigenvalue weighted by molar-refractivity contribution is 6.33. The summed E-state index contributed by atoms with van der Waals surface area (Å²) in [6, 6.07) is 4.42. The Bertz CT molecular complexity index is 885. The number of hydrogen-bond acceptors (Lipinski definition) is 5. The van der Waals surface area contributed by atoms with E-state index in [0.29, 0.717) is 30.3 Å². The summed E-state index contributed by atoms with van der Waals surface area (Å²) >= 11 is 6.20. The van der Waals surface area contributed by atoms with Crippen LogP contribution in [0, 0.1) is 18.7 Å². The number of carbonyl (C=O) groups excluding carboxylic acids is 1. The maximum Gasteiger partial charge on any atom is 0.259 e. The molecule has 0 N–H and O–H groups in total. The van der Waals surface area contributed by atoms with Gasteiger partial charge in [0.25, 0.3) is 5.91 Å². The largest absolute Gasteiger partial charge is 0.379 e. The quantitative estimate of drug-likeness (QED) is 0.653. The SMILES string of the molecule is Cc1onc(-c2c(F)cccc2Cl)c1C(=O)N1CCC(CCCN2CCOCC2)CC1. The fourth-order valence-electron chi connectivity index (χ4n) is 4.53. The third kappa shape index (κ3) is 5.10. The number of nitrogens with zero attached hydrogens (tertiary/aromatic N) is 3. The second-order valence-corrected chi connectivity index (χ2v) is 8.80. The zero-order valence-electron chi connectivity index (χ0n) is 17.9. The molecule has 2 aromatic rings. The lowest BCUT2D eigenvalue weighted by Gasteiger charge is -2.33. The first-order valence-corrected chi connectivity index (χ1v) is 11.4. The number of halogens is 2. The Morgan fingerprint density at radius 2 is 1.97 bits per heavy atom. The Morgan fingerprint density at radius 1 is 1.23 bits per heavy atom. The van der Waals surface area contributed by atoms with Gasteiger partial charge in [-0.1, -0.05) is 22.8 Å². The Morgan fingerprint density at radius 3 is 2.68 bits per heavy atom. The number of amides is 1. The number of aryl methyl sites for hydroxylation is 1. The van der Waals surface area contributed by atoms with Gasteiger partial charge in [0.2, 0.25) is 0 Å². The number of aromatic nitrogens is 1. The van der Waals surface area contributed by atoms with Crippen molar-refractivity contribution in [2.45, 2.75) is 32.6 Å². The van der Waals surface area contributed by atoms with Gasteiger partial charge >= 0.3 is 0 Å². The molecule has 4 rings (SSSR count). The third-order valence-electron chi connectivity index (χ3n) is 6.37. The van der Waals surface area contributed by atoms with E-state index >= 15 is 0 Å². The molecule has 0 unspecified atom stereocenters. The molecule has 0 spiro atoms. The van der Waals surface area contributed by atoms with Crippen LogP contribution in [0.1, 0.15) is 41.8 Å². The molecule has 1 amide bonds. The van der Waals surface area contributed by atoms with Gasteiger partial charge in [-0.15, -0.1) is 0 Å². The lowest BCUT2D eigenvalue weighted by molar-refractivity contribution is 0.0361. The molecule has 31 heavy (non-hydrogen) atoms. The van der Waals surface area contributed by atoms with Crippen LogP contribution in [0.5, 0.6) is 0 Å². The standard InChI is InChI=1S/C23H29ClFN3O3/c1-16-20(22(26-31-16)21-18(24)5-2-6-19(21)25)23(29)28-10-7-17(8-11-28)4-3-9-27-12-14-30-15-13-27/h2,5-6,17H,3-4,7-15H2,1H3. The number of ether oxygens (including phenoxy) is 1. The molecule has 1 aromatic heterocycles. The molecule has 2 aliphatic heterocycles. The molecule has 1 aromatic carbocycles. The average Bonchev–Trinajstić information content (AvgIpc) is 3.15. The first-order chi connectivity index (χ1) is 15.0. The predicted octanol–water partition coefficient (Wildman–Crippen LogP) is 4.41. The zero-order chi connectivity index (χ0) is 21.8. The maximum atomic E-state index is 14.4. The average molecular weight is 450 g/mol. The smallest absolute Gasteiger partial charge is 0.259 e. The number of rotatable bonds is 6. The van der Waals surface area contributed by atoms with Crippen LogP contribution in [0.4, 0.5) is 4.39 Å². The molecule has 0 saturated carbocycles. The number of benzene rings is 1. The Balaban J connectivity index is 1.36. The summed E-state index contributed by atoms with van der Waals surface area (Å²) in [6.45, 7) is 7.91. The van der Waals surface area contributed by atoms with Crippen LogP contribution < -0.4 is 0 Å². The van der Waals surface area contributed by atoms with Crippen molar-refractivity contribution in [3.63, 3.8) is 0 Å². The van der Waals surface area contributed by atoms with E-state index in [1.54, 1.807) is 13.0 Å². The monoisotopic (exact) mass is 449 g/mol. The summed E-state index contributed by atoms with van der Waals surface area (Å²) in [4.78, 5) is 17.6. The van der Waals surface area contributed by atoms with E-state index in [0.717, 1.165) is 45.7 Å². The molecular formula is C23H29ClFN3O3. The van der Waals surface area contributed by atoms with Crippen LogP contribution in [-0.2, 0) is 4.74 Å². The minimum atomic E-state index is -0.520. The minimum Gasteiger partial charge on any atom is -0.379 e. The van der Waals surface area contributed by atoms with E-state index in [-0.39, 0.29) is 22.2 Å². The van der Waals surface area contributed by atoms with Crippen LogP contribution in [0.15, 0.2) is 22.7 Å². The highest BCUT2D eigenvalue weighted by Crippen LogP contribution is 2.34. The first-order valence-electron chi connectivity index (χ1n) is 11.0. The molecule has 2 fully saturated rings. The number of hydrogen-bond donors (Lipinski definition) is 0. The van der Waals surface area contributed by atoms with Crippen molar-refractivity contribution in [3.05, 3.63) is 40.4 Å². The summed E-state index contributed by atoms with van der Waals surface area (Å²) in [5.41, 5.74) is 0.596. The van der Waals surface area contributed by atoms with E-state index in [1.165, 1.54) is 25.0 Å². The molecule has 3 heterocycles. The molecule has 2 aliphatic rings. The molecule has 8 heteroatoms. The first kappa shape index (κ1) is 22.2. The fraction of sp³-hybridized carbons (Fsp3) is 0.565. The zero-order valence-corrected chi connectivity index (χ0v) is 18.7. The highest BCUT2D eigenvalue weighted by Gasteiger charge is 2.31. The molecule has 0 atom stereocenters. The van der Waals surface area contributed by atoms with Gasteiger partial charge in [-0.2, -0.15) is 0 Å². The molecule has 2 saturated heterocycles. The van der Waals surface area contributed by atoms with Crippen molar-refractivity contribution in [3.8, 4) is 11.3 Å². The Labute approximate surface area is 187 Å². The molecule has 0 radical (unpaired) electrons.